The molecule has 0 unspecified atom stereocenters. The van der Waals surface area contributed by atoms with Crippen LogP contribution in [-0.2, 0) is 6.54 Å². The van der Waals surface area contributed by atoms with E-state index in [0.29, 0.717) is 12.2 Å². The highest BCUT2D eigenvalue weighted by Crippen LogP contribution is 2.32. The molecule has 1 N–H and O–H groups in total. The minimum absolute atomic E-state index is 0.307. The second kappa shape index (κ2) is 7.85. The van der Waals surface area contributed by atoms with Crippen LogP contribution < -0.4 is 5.32 Å². The van der Waals surface area contributed by atoms with E-state index in [-0.39, 0.29) is 5.82 Å². The molecule has 0 saturated carbocycles. The zero-order chi connectivity index (χ0) is 20.5. The largest absolute Gasteiger partial charge is 0.356 e. The van der Waals surface area contributed by atoms with E-state index in [1.54, 1.807) is 46.6 Å². The van der Waals surface area contributed by atoms with Gasteiger partial charge in [0, 0.05) is 29.7 Å². The predicted octanol–water partition coefficient (Wildman–Crippen LogP) is 5.30. The van der Waals surface area contributed by atoms with Gasteiger partial charge in [0.15, 0.2) is 10.3 Å². The Morgan fingerprint density at radius 3 is 2.83 bits per heavy atom. The van der Waals surface area contributed by atoms with Crippen molar-refractivity contribution in [3.8, 4) is 21.4 Å². The van der Waals surface area contributed by atoms with E-state index in [0.717, 1.165) is 32.2 Å². The van der Waals surface area contributed by atoms with Crippen LogP contribution in [0.25, 0.3) is 21.4 Å². The third-order valence-electron chi connectivity index (χ3n) is 4.60. The number of anilines is 1. The number of benzene rings is 1. The second-order valence-corrected chi connectivity index (χ2v) is 8.44. The standard InChI is InChI=1S/C21H17FN6S2/c1-14-19(17-8-11-28(26-17)18-7-3-2-6-16(18)22)30-20(25-14)24-13-15-5-4-10-27(15)21-23-9-12-29-21/h2-12H,13H2,1H3,(H,24,25). The van der Waals surface area contributed by atoms with Crippen LogP contribution in [-0.4, -0.2) is 24.3 Å². The van der Waals surface area contributed by atoms with E-state index in [4.69, 9.17) is 0 Å². The number of nitrogens with zero attached hydrogens (tertiary/aromatic N) is 5. The summed E-state index contributed by atoms with van der Waals surface area (Å²) < 4.78 is 17.7. The lowest BCUT2D eigenvalue weighted by Crippen LogP contribution is -2.05. The summed E-state index contributed by atoms with van der Waals surface area (Å²) in [4.78, 5) is 9.97. The summed E-state index contributed by atoms with van der Waals surface area (Å²) in [6.07, 6.45) is 5.57. The van der Waals surface area contributed by atoms with E-state index >= 15 is 0 Å². The lowest BCUT2D eigenvalue weighted by Gasteiger charge is -2.06. The monoisotopic (exact) mass is 436 g/mol. The van der Waals surface area contributed by atoms with Crippen LogP contribution in [0.1, 0.15) is 11.4 Å². The van der Waals surface area contributed by atoms with Crippen molar-refractivity contribution in [2.24, 2.45) is 0 Å². The number of halogens is 1. The highest BCUT2D eigenvalue weighted by Gasteiger charge is 2.14. The van der Waals surface area contributed by atoms with E-state index in [1.165, 1.54) is 17.4 Å². The van der Waals surface area contributed by atoms with Gasteiger partial charge in [-0.25, -0.2) is 19.0 Å². The van der Waals surface area contributed by atoms with Crippen molar-refractivity contribution in [2.75, 3.05) is 5.32 Å². The Bertz CT molecular complexity index is 1280. The van der Waals surface area contributed by atoms with Crippen LogP contribution in [0.5, 0.6) is 0 Å². The summed E-state index contributed by atoms with van der Waals surface area (Å²) in [5.41, 5.74) is 3.18. The van der Waals surface area contributed by atoms with E-state index in [1.807, 2.05) is 30.6 Å². The van der Waals surface area contributed by atoms with E-state index in [9.17, 15) is 4.39 Å². The van der Waals surface area contributed by atoms with Gasteiger partial charge >= 0.3 is 0 Å². The number of hydrogen-bond acceptors (Lipinski definition) is 6. The highest BCUT2D eigenvalue weighted by molar-refractivity contribution is 7.19. The molecule has 0 amide bonds. The summed E-state index contributed by atoms with van der Waals surface area (Å²) in [5.74, 6) is -0.307. The molecule has 0 bridgehead atoms. The average Bonchev–Trinajstić information content (AvgIpc) is 3.52. The molecule has 5 rings (SSSR count). The van der Waals surface area contributed by atoms with Crippen molar-refractivity contribution in [3.05, 3.63) is 83.6 Å². The fourth-order valence-electron chi connectivity index (χ4n) is 3.17. The normalized spacial score (nSPS) is 11.1. The number of para-hydroxylation sites is 1. The number of rotatable bonds is 6. The Labute approximate surface area is 180 Å². The molecule has 0 aliphatic rings. The van der Waals surface area contributed by atoms with Gasteiger partial charge in [-0.2, -0.15) is 5.10 Å². The minimum Gasteiger partial charge on any atom is -0.356 e. The molecule has 0 aliphatic carbocycles. The van der Waals surface area contributed by atoms with Crippen LogP contribution in [0, 0.1) is 12.7 Å². The molecule has 0 fully saturated rings. The fourth-order valence-corrected chi connectivity index (χ4v) is 4.76. The summed E-state index contributed by atoms with van der Waals surface area (Å²) in [6.45, 7) is 2.58. The molecule has 4 heterocycles. The Balaban J connectivity index is 1.35. The summed E-state index contributed by atoms with van der Waals surface area (Å²) in [7, 11) is 0. The molecular weight excluding hydrogens is 419 g/mol. The van der Waals surface area contributed by atoms with Gasteiger partial charge in [0.05, 0.1) is 17.1 Å². The van der Waals surface area contributed by atoms with E-state index < -0.39 is 0 Å². The lowest BCUT2D eigenvalue weighted by atomic mass is 10.3. The minimum atomic E-state index is -0.307. The van der Waals surface area contributed by atoms with Crippen LogP contribution in [0.2, 0.25) is 0 Å². The number of nitrogens with one attached hydrogen (secondary N) is 1. The number of thiazole rings is 2. The Hall–Kier alpha value is -3.30. The third-order valence-corrected chi connectivity index (χ3v) is 6.51. The smallest absolute Gasteiger partial charge is 0.193 e. The van der Waals surface area contributed by atoms with Gasteiger partial charge in [0.2, 0.25) is 0 Å². The first kappa shape index (κ1) is 18.7. The Kier molecular flexibility index (Phi) is 4.89. The quantitative estimate of drug-likeness (QED) is 0.392. The molecule has 150 valence electrons. The topological polar surface area (TPSA) is 60.6 Å². The van der Waals surface area contributed by atoms with Gasteiger partial charge in [-0.05, 0) is 37.3 Å². The number of aromatic nitrogens is 5. The summed E-state index contributed by atoms with van der Waals surface area (Å²) in [5, 5.41) is 11.7. The molecule has 0 atom stereocenters. The first-order chi connectivity index (χ1) is 14.7. The molecule has 1 aromatic carbocycles. The fraction of sp³-hybridized carbons (Fsp3) is 0.0952. The van der Waals surface area contributed by atoms with Crippen molar-refractivity contribution in [1.82, 2.24) is 24.3 Å². The predicted molar refractivity (Wildman–Crippen MR) is 118 cm³/mol. The van der Waals surface area contributed by atoms with Crippen LogP contribution in [0.3, 0.4) is 0 Å². The molecule has 6 nitrogen and oxygen atoms in total. The molecule has 0 radical (unpaired) electrons. The maximum absolute atomic E-state index is 14.1. The van der Waals surface area contributed by atoms with Crippen molar-refractivity contribution in [2.45, 2.75) is 13.5 Å². The SMILES string of the molecule is Cc1nc(NCc2cccn2-c2nccs2)sc1-c1ccn(-c2ccccc2F)n1. The average molecular weight is 437 g/mol. The molecule has 30 heavy (non-hydrogen) atoms. The maximum atomic E-state index is 14.1. The molecule has 0 aliphatic heterocycles. The van der Waals surface area contributed by atoms with Crippen LogP contribution >= 0.6 is 22.7 Å². The van der Waals surface area contributed by atoms with E-state index in [2.05, 4.69) is 31.0 Å². The molecule has 5 aromatic rings. The van der Waals surface area contributed by atoms with Gasteiger partial charge in [-0.15, -0.1) is 11.3 Å². The maximum Gasteiger partial charge on any atom is 0.193 e. The first-order valence-corrected chi connectivity index (χ1v) is 11.0. The third kappa shape index (κ3) is 3.53. The second-order valence-electron chi connectivity index (χ2n) is 6.57. The highest BCUT2D eigenvalue weighted by atomic mass is 32.1. The number of aryl methyl sites for hydroxylation is 1. The summed E-state index contributed by atoms with van der Waals surface area (Å²) in [6, 6.07) is 12.5. The summed E-state index contributed by atoms with van der Waals surface area (Å²) >= 11 is 3.13. The first-order valence-electron chi connectivity index (χ1n) is 9.27. The zero-order valence-electron chi connectivity index (χ0n) is 16.0. The van der Waals surface area contributed by atoms with Crippen molar-refractivity contribution in [1.29, 1.82) is 0 Å². The molecule has 9 heteroatoms. The van der Waals surface area contributed by atoms with Crippen LogP contribution in [0.4, 0.5) is 9.52 Å². The number of hydrogen-bond donors (Lipinski definition) is 1. The molecule has 4 aromatic heterocycles. The van der Waals surface area contributed by atoms with Crippen LogP contribution in [0.15, 0.2) is 66.4 Å². The van der Waals surface area contributed by atoms with Crippen molar-refractivity contribution >= 4 is 27.8 Å². The van der Waals surface area contributed by atoms with Gasteiger partial charge < -0.3 is 5.32 Å². The van der Waals surface area contributed by atoms with Crippen molar-refractivity contribution < 1.29 is 4.39 Å². The lowest BCUT2D eigenvalue weighted by molar-refractivity contribution is 0.611. The van der Waals surface area contributed by atoms with Gasteiger partial charge in [-0.1, -0.05) is 23.5 Å². The Morgan fingerprint density at radius 1 is 1.10 bits per heavy atom. The molecule has 0 spiro atoms. The van der Waals surface area contributed by atoms with Crippen molar-refractivity contribution in [3.63, 3.8) is 0 Å². The zero-order valence-corrected chi connectivity index (χ0v) is 17.6. The van der Waals surface area contributed by atoms with Gasteiger partial charge in [-0.3, -0.25) is 4.57 Å². The van der Waals surface area contributed by atoms with Gasteiger partial charge in [0.1, 0.15) is 17.2 Å². The van der Waals surface area contributed by atoms with Gasteiger partial charge in [0.25, 0.3) is 0 Å². The Morgan fingerprint density at radius 2 is 2.00 bits per heavy atom. The molecule has 0 saturated heterocycles. The molecular formula is C21H17FN6S2.